The fourth-order valence-corrected chi connectivity index (χ4v) is 5.37. The zero-order valence-corrected chi connectivity index (χ0v) is 17.9. The molecule has 3 aliphatic rings. The highest BCUT2D eigenvalue weighted by atomic mass is 16.2. The summed E-state index contributed by atoms with van der Waals surface area (Å²) < 4.78 is 0. The number of hydrogen-bond acceptors (Lipinski definition) is 3. The number of benzene rings is 1. The van der Waals surface area contributed by atoms with Gasteiger partial charge in [0, 0.05) is 31.8 Å². The fourth-order valence-electron chi connectivity index (χ4n) is 5.37. The molecule has 4 rings (SSSR count). The van der Waals surface area contributed by atoms with E-state index < -0.39 is 0 Å². The summed E-state index contributed by atoms with van der Waals surface area (Å²) in [5.41, 5.74) is 2.48. The van der Waals surface area contributed by atoms with Crippen LogP contribution in [0, 0.1) is 11.8 Å². The molecule has 1 saturated carbocycles. The molecule has 1 unspecified atom stereocenters. The molecule has 0 bridgehead atoms. The molecule has 3 fully saturated rings. The van der Waals surface area contributed by atoms with Crippen molar-refractivity contribution in [2.45, 2.75) is 76.5 Å². The van der Waals surface area contributed by atoms with Crippen LogP contribution in [-0.2, 0) is 20.8 Å². The number of carbonyl (C=O) groups excluding carboxylic acids is 3. The van der Waals surface area contributed by atoms with Crippen molar-refractivity contribution < 1.29 is 14.4 Å². The molecule has 5 nitrogen and oxygen atoms in total. The van der Waals surface area contributed by atoms with E-state index in [0.717, 1.165) is 37.9 Å². The van der Waals surface area contributed by atoms with Crippen molar-refractivity contribution in [3.8, 4) is 0 Å². The minimum Gasteiger partial charge on any atom is -0.343 e. The van der Waals surface area contributed by atoms with Crippen LogP contribution in [0.1, 0.15) is 81.3 Å². The molecule has 0 aromatic heterocycles. The first kappa shape index (κ1) is 21.1. The second-order valence-electron chi connectivity index (χ2n) is 9.46. The Balaban J connectivity index is 1.25. The molecule has 1 aromatic carbocycles. The molecule has 1 atom stereocenters. The van der Waals surface area contributed by atoms with Crippen molar-refractivity contribution in [2.75, 3.05) is 13.1 Å². The van der Waals surface area contributed by atoms with Gasteiger partial charge in [0.2, 0.25) is 17.7 Å². The highest BCUT2D eigenvalue weighted by Crippen LogP contribution is 2.31. The molecule has 2 heterocycles. The van der Waals surface area contributed by atoms with Gasteiger partial charge in [0.25, 0.3) is 0 Å². The zero-order valence-electron chi connectivity index (χ0n) is 17.9. The minimum atomic E-state index is -0.157. The molecular formula is C25H34N2O3. The maximum atomic E-state index is 12.7. The fraction of sp³-hybridized carbons (Fsp3) is 0.640. The predicted octanol–water partition coefficient (Wildman–Crippen LogP) is 3.96. The summed E-state index contributed by atoms with van der Waals surface area (Å²) in [5, 5.41) is 2.44. The molecule has 0 spiro atoms. The first-order valence-electron chi connectivity index (χ1n) is 11.8. The minimum absolute atomic E-state index is 0.105. The second-order valence-corrected chi connectivity index (χ2v) is 9.46. The van der Waals surface area contributed by atoms with Crippen LogP contribution in [0.25, 0.3) is 0 Å². The molecular weight excluding hydrogens is 376 g/mol. The lowest BCUT2D eigenvalue weighted by molar-refractivity contribution is -0.136. The Kier molecular flexibility index (Phi) is 6.86. The van der Waals surface area contributed by atoms with Crippen LogP contribution in [0.2, 0.25) is 0 Å². The van der Waals surface area contributed by atoms with Gasteiger partial charge >= 0.3 is 0 Å². The highest BCUT2D eigenvalue weighted by Gasteiger charge is 2.28. The number of hydrogen-bond donors (Lipinski definition) is 1. The van der Waals surface area contributed by atoms with Crippen molar-refractivity contribution in [1.29, 1.82) is 0 Å². The van der Waals surface area contributed by atoms with Gasteiger partial charge in [-0.25, -0.2) is 0 Å². The van der Waals surface area contributed by atoms with E-state index >= 15 is 0 Å². The molecule has 5 heteroatoms. The number of imide groups is 1. The van der Waals surface area contributed by atoms with Crippen molar-refractivity contribution in [3.05, 3.63) is 35.4 Å². The summed E-state index contributed by atoms with van der Waals surface area (Å²) in [7, 11) is 0. The maximum Gasteiger partial charge on any atom is 0.230 e. The lowest BCUT2D eigenvalue weighted by atomic mass is 9.85. The molecule has 162 valence electrons. The van der Waals surface area contributed by atoms with Gasteiger partial charge in [-0.1, -0.05) is 43.5 Å². The third kappa shape index (κ3) is 5.30. The Morgan fingerprint density at radius 2 is 1.63 bits per heavy atom. The Hall–Kier alpha value is -2.17. The molecule has 30 heavy (non-hydrogen) atoms. The Labute approximate surface area is 179 Å². The van der Waals surface area contributed by atoms with Gasteiger partial charge in [-0.2, -0.15) is 0 Å². The van der Waals surface area contributed by atoms with Gasteiger partial charge < -0.3 is 4.90 Å². The molecule has 2 saturated heterocycles. The quantitative estimate of drug-likeness (QED) is 0.747. The van der Waals surface area contributed by atoms with Gasteiger partial charge in [0.05, 0.1) is 0 Å². The van der Waals surface area contributed by atoms with Crippen LogP contribution in [0.5, 0.6) is 0 Å². The lowest BCUT2D eigenvalue weighted by Gasteiger charge is -2.33. The van der Waals surface area contributed by atoms with Crippen LogP contribution in [-0.4, -0.2) is 35.7 Å². The van der Waals surface area contributed by atoms with Crippen molar-refractivity contribution in [3.63, 3.8) is 0 Å². The SMILES string of the molecule is O=C1CCC(Cc2ccc(C3CCN(C(=O)CC4CCCCC4)CC3)cc2)C(=O)N1. The molecule has 3 amide bonds. The summed E-state index contributed by atoms with van der Waals surface area (Å²) >= 11 is 0. The van der Waals surface area contributed by atoms with Crippen LogP contribution in [0.15, 0.2) is 24.3 Å². The number of nitrogens with zero attached hydrogens (tertiary/aromatic N) is 1. The molecule has 1 N–H and O–H groups in total. The molecule has 2 aliphatic heterocycles. The van der Waals surface area contributed by atoms with E-state index in [-0.39, 0.29) is 17.7 Å². The smallest absolute Gasteiger partial charge is 0.230 e. The van der Waals surface area contributed by atoms with E-state index in [4.69, 9.17) is 0 Å². The first-order valence-corrected chi connectivity index (χ1v) is 11.8. The largest absolute Gasteiger partial charge is 0.343 e. The standard InChI is InChI=1S/C25H34N2O3/c28-23-11-10-22(25(30)26-23)16-19-6-8-20(9-7-19)21-12-14-27(15-13-21)24(29)17-18-4-2-1-3-5-18/h6-9,18,21-22H,1-5,10-17H2,(H,26,28,30). The average Bonchev–Trinajstić information content (AvgIpc) is 2.77. The van der Waals surface area contributed by atoms with Crippen molar-refractivity contribution >= 4 is 17.7 Å². The average molecular weight is 411 g/mol. The van der Waals surface area contributed by atoms with Crippen LogP contribution < -0.4 is 5.32 Å². The summed E-state index contributed by atoms with van der Waals surface area (Å²) in [4.78, 5) is 38.0. The van der Waals surface area contributed by atoms with Crippen LogP contribution in [0.3, 0.4) is 0 Å². The topological polar surface area (TPSA) is 66.5 Å². The van der Waals surface area contributed by atoms with E-state index in [1.54, 1.807) is 0 Å². The van der Waals surface area contributed by atoms with Gasteiger partial charge in [0.15, 0.2) is 0 Å². The summed E-state index contributed by atoms with van der Waals surface area (Å²) in [6.45, 7) is 1.74. The summed E-state index contributed by atoms with van der Waals surface area (Å²) in [6.07, 6.45) is 11.0. The number of rotatable bonds is 5. The number of piperidine rings is 2. The zero-order chi connectivity index (χ0) is 20.9. The van der Waals surface area contributed by atoms with Gasteiger partial charge in [-0.05, 0) is 61.5 Å². The van der Waals surface area contributed by atoms with Gasteiger partial charge in [0.1, 0.15) is 0 Å². The third-order valence-electron chi connectivity index (χ3n) is 7.32. The second kappa shape index (κ2) is 9.76. The Morgan fingerprint density at radius 3 is 2.30 bits per heavy atom. The van der Waals surface area contributed by atoms with E-state index in [2.05, 4.69) is 34.5 Å². The Bertz CT molecular complexity index is 759. The van der Waals surface area contributed by atoms with E-state index in [0.29, 0.717) is 37.0 Å². The highest BCUT2D eigenvalue weighted by molar-refractivity contribution is 5.98. The number of carbonyl (C=O) groups is 3. The van der Waals surface area contributed by atoms with Crippen LogP contribution >= 0.6 is 0 Å². The van der Waals surface area contributed by atoms with E-state index in [1.807, 2.05) is 0 Å². The normalized spacial score (nSPS) is 24.0. The Morgan fingerprint density at radius 1 is 0.933 bits per heavy atom. The summed E-state index contributed by atoms with van der Waals surface area (Å²) in [6, 6.07) is 8.62. The monoisotopic (exact) mass is 410 g/mol. The summed E-state index contributed by atoms with van der Waals surface area (Å²) in [5.74, 6) is 1.08. The number of likely N-dealkylation sites (tertiary alicyclic amines) is 1. The van der Waals surface area contributed by atoms with Crippen molar-refractivity contribution in [2.24, 2.45) is 11.8 Å². The first-order chi connectivity index (χ1) is 14.6. The maximum absolute atomic E-state index is 12.7. The number of amides is 3. The number of nitrogens with one attached hydrogen (secondary N) is 1. The van der Waals surface area contributed by atoms with Gasteiger partial charge in [-0.15, -0.1) is 0 Å². The van der Waals surface area contributed by atoms with Gasteiger partial charge in [-0.3, -0.25) is 19.7 Å². The van der Waals surface area contributed by atoms with E-state index in [1.165, 1.54) is 37.7 Å². The van der Waals surface area contributed by atoms with Crippen molar-refractivity contribution in [1.82, 2.24) is 10.2 Å². The lowest BCUT2D eigenvalue weighted by Crippen LogP contribution is -2.41. The van der Waals surface area contributed by atoms with E-state index in [9.17, 15) is 14.4 Å². The molecule has 1 aliphatic carbocycles. The third-order valence-corrected chi connectivity index (χ3v) is 7.32. The molecule has 0 radical (unpaired) electrons. The molecule has 1 aromatic rings. The van der Waals surface area contributed by atoms with Crippen LogP contribution in [0.4, 0.5) is 0 Å². The predicted molar refractivity (Wildman–Crippen MR) is 116 cm³/mol.